The van der Waals surface area contributed by atoms with Gasteiger partial charge in [-0.15, -0.1) is 0 Å². The van der Waals surface area contributed by atoms with Gasteiger partial charge in [-0.1, -0.05) is 96.9 Å². The standard InChI is InChI=1S/C33H29NO5/c1-2-39-31(36)19-18-26-22-30(32(37)38)34(23-25-12-6-3-7-13-25)29(26)20-21-33(24-35,27-14-8-4-9-15-27)28-16-10-5-11-17-28/h3-19,22,35H,2,23-24H2,1H3,(H,37,38). The lowest BCUT2D eigenvalue weighted by molar-refractivity contribution is -0.137. The van der Waals surface area contributed by atoms with E-state index in [2.05, 4.69) is 11.8 Å². The number of carboxylic acids is 1. The number of hydrogen-bond acceptors (Lipinski definition) is 4. The van der Waals surface area contributed by atoms with E-state index in [9.17, 15) is 19.8 Å². The molecule has 0 atom stereocenters. The fourth-order valence-electron chi connectivity index (χ4n) is 4.44. The fraction of sp³-hybridized carbons (Fsp3) is 0.152. The lowest BCUT2D eigenvalue weighted by atomic mass is 9.75. The fourth-order valence-corrected chi connectivity index (χ4v) is 4.44. The first-order valence-corrected chi connectivity index (χ1v) is 12.6. The third-order valence-electron chi connectivity index (χ3n) is 6.38. The summed E-state index contributed by atoms with van der Waals surface area (Å²) in [5, 5.41) is 20.8. The molecule has 4 aromatic rings. The molecule has 0 fully saturated rings. The van der Waals surface area contributed by atoms with Crippen LogP contribution in [0.15, 0.2) is 103 Å². The Morgan fingerprint density at radius 2 is 1.49 bits per heavy atom. The van der Waals surface area contributed by atoms with Crippen molar-refractivity contribution in [2.24, 2.45) is 0 Å². The molecular weight excluding hydrogens is 490 g/mol. The first-order valence-electron chi connectivity index (χ1n) is 12.6. The summed E-state index contributed by atoms with van der Waals surface area (Å²) in [5.74, 6) is 4.85. The number of aliphatic hydroxyl groups is 1. The van der Waals surface area contributed by atoms with Crippen molar-refractivity contribution in [1.29, 1.82) is 0 Å². The van der Waals surface area contributed by atoms with Crippen molar-refractivity contribution in [3.8, 4) is 11.8 Å². The van der Waals surface area contributed by atoms with Crippen molar-refractivity contribution in [1.82, 2.24) is 4.57 Å². The van der Waals surface area contributed by atoms with Crippen molar-refractivity contribution in [2.45, 2.75) is 18.9 Å². The van der Waals surface area contributed by atoms with Gasteiger partial charge in [-0.25, -0.2) is 9.59 Å². The van der Waals surface area contributed by atoms with Crippen LogP contribution < -0.4 is 0 Å². The van der Waals surface area contributed by atoms with Crippen LogP contribution in [0.5, 0.6) is 0 Å². The van der Waals surface area contributed by atoms with Crippen LogP contribution in [0, 0.1) is 11.8 Å². The van der Waals surface area contributed by atoms with Crippen LogP contribution in [0.3, 0.4) is 0 Å². The van der Waals surface area contributed by atoms with E-state index < -0.39 is 17.4 Å². The Hall–Kier alpha value is -4.86. The molecule has 6 nitrogen and oxygen atoms in total. The smallest absolute Gasteiger partial charge is 0.352 e. The summed E-state index contributed by atoms with van der Waals surface area (Å²) in [4.78, 5) is 24.4. The number of aromatic carboxylic acids is 1. The molecule has 0 aliphatic rings. The van der Waals surface area contributed by atoms with Crippen LogP contribution in [0.1, 0.15) is 45.4 Å². The van der Waals surface area contributed by atoms with E-state index in [-0.39, 0.29) is 25.5 Å². The topological polar surface area (TPSA) is 88.8 Å². The van der Waals surface area contributed by atoms with Gasteiger partial charge in [0, 0.05) is 18.2 Å². The number of hydrogen-bond donors (Lipinski definition) is 2. The Morgan fingerprint density at radius 3 is 2.00 bits per heavy atom. The number of carboxylic acid groups (broad SMARTS) is 1. The molecule has 0 radical (unpaired) electrons. The highest BCUT2D eigenvalue weighted by Gasteiger charge is 2.32. The Kier molecular flexibility index (Phi) is 8.78. The Morgan fingerprint density at radius 1 is 0.923 bits per heavy atom. The maximum atomic E-state index is 12.3. The van der Waals surface area contributed by atoms with E-state index in [1.807, 2.05) is 91.0 Å². The lowest BCUT2D eigenvalue weighted by Crippen LogP contribution is -2.30. The summed E-state index contributed by atoms with van der Waals surface area (Å²) in [6, 6.07) is 29.9. The normalized spacial score (nSPS) is 11.1. The quantitative estimate of drug-likeness (QED) is 0.182. The molecule has 0 aliphatic carbocycles. The molecule has 3 aromatic carbocycles. The number of benzene rings is 3. The number of carbonyl (C=O) groups is 2. The van der Waals surface area contributed by atoms with Gasteiger partial charge in [-0.2, -0.15) is 0 Å². The van der Waals surface area contributed by atoms with Gasteiger partial charge in [-0.3, -0.25) is 0 Å². The summed E-state index contributed by atoms with van der Waals surface area (Å²) in [6.45, 7) is 1.89. The first-order chi connectivity index (χ1) is 19.0. The molecule has 0 bridgehead atoms. The zero-order chi connectivity index (χ0) is 27.7. The summed E-state index contributed by atoms with van der Waals surface area (Å²) < 4.78 is 6.63. The maximum absolute atomic E-state index is 12.3. The summed E-state index contributed by atoms with van der Waals surface area (Å²) >= 11 is 0. The van der Waals surface area contributed by atoms with Crippen molar-refractivity contribution >= 4 is 18.0 Å². The molecule has 0 aliphatic heterocycles. The SMILES string of the molecule is CCOC(=O)C=Cc1cc(C(=O)O)n(Cc2ccccc2)c1C#CC(CO)(c1ccccc1)c1ccccc1. The molecule has 1 aromatic heterocycles. The van der Waals surface area contributed by atoms with Crippen molar-refractivity contribution in [2.75, 3.05) is 13.2 Å². The average molecular weight is 520 g/mol. The number of aromatic nitrogens is 1. The predicted octanol–water partition coefficient (Wildman–Crippen LogP) is 5.14. The largest absolute Gasteiger partial charge is 0.477 e. The number of rotatable bonds is 9. The van der Waals surface area contributed by atoms with E-state index >= 15 is 0 Å². The van der Waals surface area contributed by atoms with E-state index in [4.69, 9.17) is 4.74 Å². The molecule has 39 heavy (non-hydrogen) atoms. The summed E-state index contributed by atoms with van der Waals surface area (Å²) in [6.07, 6.45) is 2.78. The number of ether oxygens (including phenoxy) is 1. The van der Waals surface area contributed by atoms with Crippen LogP contribution in [-0.4, -0.2) is 39.9 Å². The zero-order valence-electron chi connectivity index (χ0n) is 21.6. The number of carbonyl (C=O) groups excluding carboxylic acids is 1. The van der Waals surface area contributed by atoms with Gasteiger partial charge in [-0.05, 0) is 41.7 Å². The Labute approximate surface area is 227 Å². The second-order valence-electron chi connectivity index (χ2n) is 8.84. The molecule has 0 saturated heterocycles. The van der Waals surface area contributed by atoms with Gasteiger partial charge in [0.1, 0.15) is 16.8 Å². The highest BCUT2D eigenvalue weighted by Crippen LogP contribution is 2.32. The Balaban J connectivity index is 1.95. The first kappa shape index (κ1) is 27.2. The molecule has 0 amide bonds. The molecule has 0 spiro atoms. The second-order valence-corrected chi connectivity index (χ2v) is 8.84. The average Bonchev–Trinajstić information content (AvgIpc) is 3.31. The molecule has 6 heteroatoms. The maximum Gasteiger partial charge on any atom is 0.352 e. The highest BCUT2D eigenvalue weighted by molar-refractivity contribution is 5.91. The van der Waals surface area contributed by atoms with E-state index in [1.54, 1.807) is 11.5 Å². The number of nitrogens with zero attached hydrogens (tertiary/aromatic N) is 1. The molecule has 0 saturated carbocycles. The van der Waals surface area contributed by atoms with Crippen LogP contribution in [0.2, 0.25) is 0 Å². The van der Waals surface area contributed by atoms with Gasteiger partial charge >= 0.3 is 11.9 Å². The van der Waals surface area contributed by atoms with E-state index in [0.29, 0.717) is 11.3 Å². The van der Waals surface area contributed by atoms with Crippen molar-refractivity contribution in [3.63, 3.8) is 0 Å². The van der Waals surface area contributed by atoms with Crippen LogP contribution in [0.4, 0.5) is 0 Å². The minimum Gasteiger partial charge on any atom is -0.477 e. The van der Waals surface area contributed by atoms with E-state index in [1.165, 1.54) is 18.2 Å². The van der Waals surface area contributed by atoms with Gasteiger partial charge in [0.15, 0.2) is 0 Å². The minimum absolute atomic E-state index is 0.0284. The molecular formula is C33H29NO5. The van der Waals surface area contributed by atoms with Crippen molar-refractivity contribution in [3.05, 3.63) is 137 Å². The number of aliphatic hydroxyl groups excluding tert-OH is 1. The molecule has 196 valence electrons. The van der Waals surface area contributed by atoms with Crippen LogP contribution >= 0.6 is 0 Å². The number of esters is 1. The van der Waals surface area contributed by atoms with Crippen LogP contribution in [-0.2, 0) is 21.5 Å². The highest BCUT2D eigenvalue weighted by atomic mass is 16.5. The third kappa shape index (κ3) is 6.18. The van der Waals surface area contributed by atoms with Crippen molar-refractivity contribution < 1.29 is 24.5 Å². The third-order valence-corrected chi connectivity index (χ3v) is 6.38. The molecule has 0 unspecified atom stereocenters. The second kappa shape index (κ2) is 12.6. The lowest BCUT2D eigenvalue weighted by Gasteiger charge is -2.27. The van der Waals surface area contributed by atoms with Crippen LogP contribution in [0.25, 0.3) is 6.08 Å². The summed E-state index contributed by atoms with van der Waals surface area (Å²) in [7, 11) is 0. The van der Waals surface area contributed by atoms with Gasteiger partial charge in [0.25, 0.3) is 0 Å². The molecule has 2 N–H and O–H groups in total. The summed E-state index contributed by atoms with van der Waals surface area (Å²) in [5.41, 5.74) is 2.30. The molecule has 1 heterocycles. The predicted molar refractivity (Wildman–Crippen MR) is 150 cm³/mol. The Bertz CT molecular complexity index is 1470. The molecule has 4 rings (SSSR count). The minimum atomic E-state index is -1.12. The van der Waals surface area contributed by atoms with Gasteiger partial charge in [0.05, 0.1) is 13.2 Å². The van der Waals surface area contributed by atoms with E-state index in [0.717, 1.165) is 16.7 Å². The monoisotopic (exact) mass is 519 g/mol. The van der Waals surface area contributed by atoms with Gasteiger partial charge in [0.2, 0.25) is 0 Å². The zero-order valence-corrected chi connectivity index (χ0v) is 21.6. The van der Waals surface area contributed by atoms with Gasteiger partial charge < -0.3 is 19.5 Å².